The molecule has 72 valence electrons. The van der Waals surface area contributed by atoms with Crippen LogP contribution in [0.15, 0.2) is 18.2 Å². The molecule has 1 rings (SSSR count). The monoisotopic (exact) mass is 197 g/mol. The van der Waals surface area contributed by atoms with Crippen LogP contribution in [0.4, 0.5) is 0 Å². The number of alkyl halides is 1. The zero-order chi connectivity index (χ0) is 9.84. The molecule has 2 heteroatoms. The minimum absolute atomic E-state index is 0.189. The largest absolute Gasteiger partial charge is 0.258 e. The van der Waals surface area contributed by atoms with Gasteiger partial charge in [-0.3, -0.25) is 4.98 Å². The van der Waals surface area contributed by atoms with Gasteiger partial charge in [-0.2, -0.15) is 0 Å². The maximum atomic E-state index is 6.16. The van der Waals surface area contributed by atoms with E-state index in [0.29, 0.717) is 5.92 Å². The third kappa shape index (κ3) is 2.70. The molecule has 0 N–H and O–H groups in total. The molecule has 0 bridgehead atoms. The first-order chi connectivity index (χ1) is 6.15. The second-order valence-electron chi connectivity index (χ2n) is 3.42. The summed E-state index contributed by atoms with van der Waals surface area (Å²) in [5.74, 6) is 0.339. The van der Waals surface area contributed by atoms with E-state index in [4.69, 9.17) is 11.6 Å². The van der Waals surface area contributed by atoms with Gasteiger partial charge in [-0.05, 0) is 25.5 Å². The third-order valence-corrected chi connectivity index (χ3v) is 3.00. The van der Waals surface area contributed by atoms with Crippen molar-refractivity contribution >= 4 is 11.6 Å². The summed E-state index contributed by atoms with van der Waals surface area (Å²) in [6.45, 7) is 6.23. The molecule has 0 aliphatic carbocycles. The number of aromatic nitrogens is 1. The Balaban J connectivity index is 2.82. The predicted molar refractivity (Wildman–Crippen MR) is 57.3 cm³/mol. The van der Waals surface area contributed by atoms with Crippen LogP contribution in [-0.2, 0) is 0 Å². The molecule has 0 spiro atoms. The molecule has 0 aliphatic rings. The number of pyridine rings is 1. The predicted octanol–water partition coefficient (Wildman–Crippen LogP) is 3.51. The summed E-state index contributed by atoms with van der Waals surface area (Å²) in [6.07, 6.45) is 0.984. The maximum Gasteiger partial charge on any atom is 0.0449 e. The fourth-order valence-electron chi connectivity index (χ4n) is 1.36. The van der Waals surface area contributed by atoms with Crippen molar-refractivity contribution < 1.29 is 0 Å². The van der Waals surface area contributed by atoms with Gasteiger partial charge in [-0.1, -0.05) is 19.9 Å². The molecule has 1 heterocycles. The van der Waals surface area contributed by atoms with Crippen LogP contribution in [0.25, 0.3) is 0 Å². The van der Waals surface area contributed by atoms with Crippen molar-refractivity contribution in [2.24, 2.45) is 0 Å². The van der Waals surface area contributed by atoms with Gasteiger partial charge in [-0.15, -0.1) is 11.6 Å². The zero-order valence-corrected chi connectivity index (χ0v) is 9.17. The van der Waals surface area contributed by atoms with E-state index in [0.717, 1.165) is 17.8 Å². The van der Waals surface area contributed by atoms with E-state index in [1.165, 1.54) is 0 Å². The lowest BCUT2D eigenvalue weighted by atomic mass is 10.0. The first kappa shape index (κ1) is 10.5. The molecule has 2 atom stereocenters. The molecule has 0 saturated heterocycles. The van der Waals surface area contributed by atoms with Crippen LogP contribution in [0.2, 0.25) is 0 Å². The van der Waals surface area contributed by atoms with Crippen molar-refractivity contribution in [3.8, 4) is 0 Å². The van der Waals surface area contributed by atoms with E-state index in [9.17, 15) is 0 Å². The molecule has 0 saturated carbocycles. The van der Waals surface area contributed by atoms with Gasteiger partial charge < -0.3 is 0 Å². The van der Waals surface area contributed by atoms with Crippen LogP contribution in [0.1, 0.15) is 37.6 Å². The minimum atomic E-state index is 0.189. The number of aryl methyl sites for hydroxylation is 1. The van der Waals surface area contributed by atoms with Crippen molar-refractivity contribution in [3.63, 3.8) is 0 Å². The van der Waals surface area contributed by atoms with Gasteiger partial charge in [0, 0.05) is 22.7 Å². The molecule has 1 nitrogen and oxygen atoms in total. The lowest BCUT2D eigenvalue weighted by Gasteiger charge is -2.15. The first-order valence-corrected chi connectivity index (χ1v) is 5.16. The summed E-state index contributed by atoms with van der Waals surface area (Å²) in [4.78, 5) is 4.46. The van der Waals surface area contributed by atoms with E-state index in [-0.39, 0.29) is 5.38 Å². The van der Waals surface area contributed by atoms with Crippen LogP contribution in [-0.4, -0.2) is 10.4 Å². The third-order valence-electron chi connectivity index (χ3n) is 2.31. The minimum Gasteiger partial charge on any atom is -0.258 e. The van der Waals surface area contributed by atoms with Crippen molar-refractivity contribution in [2.45, 2.75) is 38.5 Å². The SMILES string of the molecule is CCC(Cl)C(C)c1cccc(C)n1. The van der Waals surface area contributed by atoms with Gasteiger partial charge in [0.15, 0.2) is 0 Å². The highest BCUT2D eigenvalue weighted by Gasteiger charge is 2.15. The lowest BCUT2D eigenvalue weighted by Crippen LogP contribution is -2.10. The smallest absolute Gasteiger partial charge is 0.0449 e. The van der Waals surface area contributed by atoms with Gasteiger partial charge in [0.25, 0.3) is 0 Å². The second-order valence-corrected chi connectivity index (χ2v) is 3.98. The number of halogens is 1. The topological polar surface area (TPSA) is 12.9 Å². The standard InChI is InChI=1S/C11H16ClN/c1-4-10(12)9(3)11-7-5-6-8(2)13-11/h5-7,9-10H,4H2,1-3H3. The van der Waals surface area contributed by atoms with Gasteiger partial charge in [-0.25, -0.2) is 0 Å². The Morgan fingerprint density at radius 2 is 2.15 bits per heavy atom. The van der Waals surface area contributed by atoms with Crippen molar-refractivity contribution in [1.82, 2.24) is 4.98 Å². The van der Waals surface area contributed by atoms with E-state index in [1.807, 2.05) is 25.1 Å². The quantitative estimate of drug-likeness (QED) is 0.676. The van der Waals surface area contributed by atoms with Crippen molar-refractivity contribution in [1.29, 1.82) is 0 Å². The van der Waals surface area contributed by atoms with Crippen molar-refractivity contribution in [2.75, 3.05) is 0 Å². The summed E-state index contributed by atoms with van der Waals surface area (Å²) in [7, 11) is 0. The van der Waals surface area contributed by atoms with Crippen LogP contribution >= 0.6 is 11.6 Å². The Labute approximate surface area is 85.1 Å². The lowest BCUT2D eigenvalue weighted by molar-refractivity contribution is 0.655. The summed E-state index contributed by atoms with van der Waals surface area (Å²) in [5, 5.41) is 0.189. The Morgan fingerprint density at radius 3 is 2.69 bits per heavy atom. The van der Waals surface area contributed by atoms with E-state index < -0.39 is 0 Å². The highest BCUT2D eigenvalue weighted by atomic mass is 35.5. The molecular formula is C11H16ClN. The molecule has 2 unspecified atom stereocenters. The fraction of sp³-hybridized carbons (Fsp3) is 0.545. The first-order valence-electron chi connectivity index (χ1n) is 4.72. The zero-order valence-electron chi connectivity index (χ0n) is 8.42. The van der Waals surface area contributed by atoms with E-state index in [1.54, 1.807) is 0 Å². The molecular weight excluding hydrogens is 182 g/mol. The second kappa shape index (κ2) is 4.61. The molecule has 1 aromatic rings. The summed E-state index contributed by atoms with van der Waals surface area (Å²) in [6, 6.07) is 6.08. The average Bonchev–Trinajstić information content (AvgIpc) is 2.15. The number of rotatable bonds is 3. The Morgan fingerprint density at radius 1 is 1.46 bits per heavy atom. The Bertz CT molecular complexity index is 273. The van der Waals surface area contributed by atoms with Gasteiger partial charge >= 0.3 is 0 Å². The highest BCUT2D eigenvalue weighted by molar-refractivity contribution is 6.21. The van der Waals surface area contributed by atoms with Crippen LogP contribution in [0, 0.1) is 6.92 Å². The number of nitrogens with zero attached hydrogens (tertiary/aromatic N) is 1. The molecule has 0 aliphatic heterocycles. The normalized spacial score (nSPS) is 15.4. The Hall–Kier alpha value is -0.560. The highest BCUT2D eigenvalue weighted by Crippen LogP contribution is 2.23. The molecule has 1 aromatic heterocycles. The summed E-state index contributed by atoms with van der Waals surface area (Å²) in [5.41, 5.74) is 2.16. The van der Waals surface area contributed by atoms with E-state index in [2.05, 4.69) is 18.8 Å². The number of hydrogen-bond donors (Lipinski definition) is 0. The van der Waals surface area contributed by atoms with Gasteiger partial charge in [0.05, 0.1) is 0 Å². The van der Waals surface area contributed by atoms with Gasteiger partial charge in [0.2, 0.25) is 0 Å². The van der Waals surface area contributed by atoms with Gasteiger partial charge in [0.1, 0.15) is 0 Å². The fourth-order valence-corrected chi connectivity index (χ4v) is 1.49. The summed E-state index contributed by atoms with van der Waals surface area (Å²) >= 11 is 6.16. The molecule has 0 aromatic carbocycles. The summed E-state index contributed by atoms with van der Waals surface area (Å²) < 4.78 is 0. The molecule has 0 radical (unpaired) electrons. The van der Waals surface area contributed by atoms with Crippen molar-refractivity contribution in [3.05, 3.63) is 29.6 Å². The molecule has 0 amide bonds. The molecule has 0 fully saturated rings. The van der Waals surface area contributed by atoms with Crippen LogP contribution in [0.5, 0.6) is 0 Å². The molecule has 13 heavy (non-hydrogen) atoms. The maximum absolute atomic E-state index is 6.16. The average molecular weight is 198 g/mol. The van der Waals surface area contributed by atoms with Crippen LogP contribution < -0.4 is 0 Å². The van der Waals surface area contributed by atoms with E-state index >= 15 is 0 Å². The van der Waals surface area contributed by atoms with Crippen LogP contribution in [0.3, 0.4) is 0 Å². The Kier molecular flexibility index (Phi) is 3.73. The number of hydrogen-bond acceptors (Lipinski definition) is 1.